The van der Waals surface area contributed by atoms with E-state index < -0.39 is 32.9 Å². The molecular formula is C23H21F3N2O4S. The summed E-state index contributed by atoms with van der Waals surface area (Å²) in [7, 11) is -3.40. The molecule has 1 aliphatic heterocycles. The lowest BCUT2D eigenvalue weighted by atomic mass is 9.79. The maximum absolute atomic E-state index is 14.8. The number of ether oxygens (including phenoxy) is 1. The van der Waals surface area contributed by atoms with Crippen LogP contribution in [0.3, 0.4) is 0 Å². The summed E-state index contributed by atoms with van der Waals surface area (Å²) in [5.74, 6) is -2.29. The van der Waals surface area contributed by atoms with Gasteiger partial charge in [-0.05, 0) is 49.4 Å². The summed E-state index contributed by atoms with van der Waals surface area (Å²) in [6, 6.07) is 5.81. The Labute approximate surface area is 188 Å². The lowest BCUT2D eigenvalue weighted by Crippen LogP contribution is -2.35. The van der Waals surface area contributed by atoms with E-state index in [9.17, 15) is 21.6 Å². The molecule has 1 aliphatic carbocycles. The van der Waals surface area contributed by atoms with E-state index in [1.807, 2.05) is 0 Å². The van der Waals surface area contributed by atoms with E-state index in [0.29, 0.717) is 48.9 Å². The highest BCUT2D eigenvalue weighted by Gasteiger charge is 2.45. The van der Waals surface area contributed by atoms with Crippen molar-refractivity contribution in [3.05, 3.63) is 71.2 Å². The first-order valence-corrected chi connectivity index (χ1v) is 12.3. The molecular weight excluding hydrogens is 457 g/mol. The van der Waals surface area contributed by atoms with Crippen LogP contribution in [0.5, 0.6) is 5.75 Å². The lowest BCUT2D eigenvalue weighted by molar-refractivity contribution is 0.286. The van der Waals surface area contributed by atoms with Crippen molar-refractivity contribution in [1.82, 2.24) is 9.71 Å². The molecule has 4 bridgehead atoms. The molecule has 174 valence electrons. The number of hydrogen-bond donors (Lipinski definition) is 1. The van der Waals surface area contributed by atoms with Crippen LogP contribution in [0.25, 0.3) is 11.1 Å². The van der Waals surface area contributed by atoms with Crippen LogP contribution in [0.1, 0.15) is 36.4 Å². The second kappa shape index (κ2) is 7.88. The number of hydrogen-bond acceptors (Lipinski definition) is 5. The number of halogens is 3. The van der Waals surface area contributed by atoms with Crippen molar-refractivity contribution in [2.45, 2.75) is 43.7 Å². The van der Waals surface area contributed by atoms with Crippen LogP contribution in [0, 0.1) is 17.5 Å². The molecule has 2 heterocycles. The maximum atomic E-state index is 14.8. The van der Waals surface area contributed by atoms with Crippen molar-refractivity contribution in [3.8, 4) is 16.9 Å². The first-order valence-electron chi connectivity index (χ1n) is 10.4. The largest absolute Gasteiger partial charge is 0.483 e. The van der Waals surface area contributed by atoms with Gasteiger partial charge >= 0.3 is 0 Å². The standard InChI is InChI=1S/C23H21F3N2O4S/c1-33(29,30)28-15-4-5-23(10-15)9-13-2-3-19(25)17(6-13)18-7-14(24)8-20(26)21(18)31-11-16-12-32-22(23)27-16/h2-3,6-8,12,15,28H,4-5,9-11H2,1H3/t15-,23+/m0/s1. The third kappa shape index (κ3) is 4.24. The summed E-state index contributed by atoms with van der Waals surface area (Å²) < 4.78 is 81.0. The quantitative estimate of drug-likeness (QED) is 0.596. The third-order valence-electron chi connectivity index (χ3n) is 6.23. The molecule has 10 heteroatoms. The van der Waals surface area contributed by atoms with E-state index in [0.717, 1.165) is 12.3 Å². The van der Waals surface area contributed by atoms with Crippen LogP contribution in [-0.4, -0.2) is 25.7 Å². The number of fused-ring (bicyclic) bond motifs is 7. The van der Waals surface area contributed by atoms with Crippen LogP contribution in [0.15, 0.2) is 41.0 Å². The van der Waals surface area contributed by atoms with Gasteiger partial charge in [0.1, 0.15) is 30.2 Å². The molecule has 1 saturated carbocycles. The summed E-state index contributed by atoms with van der Waals surface area (Å²) in [5.41, 5.74) is 0.439. The molecule has 2 aromatic carbocycles. The highest BCUT2D eigenvalue weighted by Crippen LogP contribution is 2.45. The molecule has 0 radical (unpaired) electrons. The highest BCUT2D eigenvalue weighted by atomic mass is 32.2. The van der Waals surface area contributed by atoms with Crippen molar-refractivity contribution < 1.29 is 30.7 Å². The topological polar surface area (TPSA) is 81.4 Å². The highest BCUT2D eigenvalue weighted by molar-refractivity contribution is 7.88. The van der Waals surface area contributed by atoms with Crippen LogP contribution < -0.4 is 9.46 Å². The average molecular weight is 478 g/mol. The molecule has 3 aromatic rings. The molecule has 0 saturated heterocycles. The predicted molar refractivity (Wildman–Crippen MR) is 114 cm³/mol. The Morgan fingerprint density at radius 3 is 2.73 bits per heavy atom. The third-order valence-corrected chi connectivity index (χ3v) is 6.99. The minimum atomic E-state index is -3.40. The molecule has 1 spiro atoms. The van der Waals surface area contributed by atoms with Gasteiger partial charge in [0, 0.05) is 23.2 Å². The molecule has 2 atom stereocenters. The molecule has 33 heavy (non-hydrogen) atoms. The predicted octanol–water partition coefficient (Wildman–Crippen LogP) is 4.23. The second-order valence-electron chi connectivity index (χ2n) is 8.80. The normalized spacial score (nSPS) is 22.4. The number of oxazole rings is 1. The molecule has 0 unspecified atom stereocenters. The number of nitrogens with one attached hydrogen (secondary N) is 1. The van der Waals surface area contributed by atoms with Gasteiger partial charge < -0.3 is 9.15 Å². The molecule has 1 fully saturated rings. The van der Waals surface area contributed by atoms with E-state index in [1.54, 1.807) is 12.1 Å². The first-order chi connectivity index (χ1) is 15.6. The van der Waals surface area contributed by atoms with Gasteiger partial charge in [0.2, 0.25) is 15.9 Å². The molecule has 0 amide bonds. The van der Waals surface area contributed by atoms with Gasteiger partial charge in [0.25, 0.3) is 0 Å². The summed E-state index contributed by atoms with van der Waals surface area (Å²) in [6.45, 7) is -0.165. The van der Waals surface area contributed by atoms with E-state index >= 15 is 0 Å². The van der Waals surface area contributed by atoms with Crippen LogP contribution >= 0.6 is 0 Å². The molecule has 1 N–H and O–H groups in total. The zero-order valence-corrected chi connectivity index (χ0v) is 18.5. The SMILES string of the molecule is CS(=O)(=O)N[C@H]1CC[C@@]2(Cc3ccc(F)c(c3)-c3cc(F)cc(F)c3OCc3coc2n3)C1. The number of nitrogens with zero attached hydrogens (tertiary/aromatic N) is 1. The fourth-order valence-corrected chi connectivity index (χ4v) is 5.72. The van der Waals surface area contributed by atoms with Gasteiger partial charge in [-0.2, -0.15) is 0 Å². The fraction of sp³-hybridized carbons (Fsp3) is 0.348. The Morgan fingerprint density at radius 2 is 1.94 bits per heavy atom. The Kier molecular flexibility index (Phi) is 5.24. The Bertz CT molecular complexity index is 1340. The summed E-state index contributed by atoms with van der Waals surface area (Å²) in [5, 5.41) is 0. The van der Waals surface area contributed by atoms with Crippen molar-refractivity contribution in [1.29, 1.82) is 0 Å². The van der Waals surface area contributed by atoms with E-state index in [2.05, 4.69) is 9.71 Å². The fourth-order valence-electron chi connectivity index (χ4n) is 4.91. The second-order valence-corrected chi connectivity index (χ2v) is 10.6. The van der Waals surface area contributed by atoms with Crippen molar-refractivity contribution in [2.24, 2.45) is 0 Å². The summed E-state index contributed by atoms with van der Waals surface area (Å²) >= 11 is 0. The number of rotatable bonds is 2. The minimum absolute atomic E-state index is 0.0182. The Balaban J connectivity index is 1.64. The van der Waals surface area contributed by atoms with Crippen LogP contribution in [0.4, 0.5) is 13.2 Å². The van der Waals surface area contributed by atoms with Crippen LogP contribution in [-0.2, 0) is 28.5 Å². The van der Waals surface area contributed by atoms with Crippen molar-refractivity contribution >= 4 is 10.0 Å². The van der Waals surface area contributed by atoms with Crippen LogP contribution in [0.2, 0.25) is 0 Å². The zero-order valence-electron chi connectivity index (χ0n) is 17.7. The van der Waals surface area contributed by atoms with E-state index in [1.165, 1.54) is 12.3 Å². The Morgan fingerprint density at radius 1 is 1.12 bits per heavy atom. The zero-order chi connectivity index (χ0) is 23.4. The molecule has 5 rings (SSSR count). The smallest absolute Gasteiger partial charge is 0.208 e. The van der Waals surface area contributed by atoms with Gasteiger partial charge in [-0.25, -0.2) is 31.3 Å². The van der Waals surface area contributed by atoms with Gasteiger partial charge in [0.15, 0.2) is 11.6 Å². The monoisotopic (exact) mass is 478 g/mol. The number of benzene rings is 2. The molecule has 2 aliphatic rings. The molecule has 6 nitrogen and oxygen atoms in total. The van der Waals surface area contributed by atoms with Gasteiger partial charge in [-0.3, -0.25) is 0 Å². The minimum Gasteiger partial charge on any atom is -0.483 e. The number of aromatic nitrogens is 1. The summed E-state index contributed by atoms with van der Waals surface area (Å²) in [6.07, 6.45) is 4.51. The molecule has 1 aromatic heterocycles. The van der Waals surface area contributed by atoms with E-state index in [4.69, 9.17) is 9.15 Å². The number of sulfonamides is 1. The van der Waals surface area contributed by atoms with Crippen molar-refractivity contribution in [2.75, 3.05) is 6.26 Å². The van der Waals surface area contributed by atoms with E-state index in [-0.39, 0.29) is 29.5 Å². The van der Waals surface area contributed by atoms with Gasteiger partial charge in [0.05, 0.1) is 11.7 Å². The van der Waals surface area contributed by atoms with Gasteiger partial charge in [-0.15, -0.1) is 0 Å². The lowest BCUT2D eigenvalue weighted by Gasteiger charge is -2.27. The van der Waals surface area contributed by atoms with Gasteiger partial charge in [-0.1, -0.05) is 6.07 Å². The Hall–Kier alpha value is -2.85. The maximum Gasteiger partial charge on any atom is 0.208 e. The summed E-state index contributed by atoms with van der Waals surface area (Å²) in [4.78, 5) is 4.55. The first kappa shape index (κ1) is 22.0. The van der Waals surface area contributed by atoms with Crippen molar-refractivity contribution in [3.63, 3.8) is 0 Å². The average Bonchev–Trinajstić information content (AvgIpc) is 3.35.